The molecule has 5 heteroatoms. The van der Waals surface area contributed by atoms with Crippen molar-refractivity contribution < 1.29 is 17.9 Å². The maximum absolute atomic E-state index is 10.3. The minimum atomic E-state index is -3.00. The Kier molecular flexibility index (Phi) is 3.22. The summed E-state index contributed by atoms with van der Waals surface area (Å²) in [5.41, 5.74) is 0. The van der Waals surface area contributed by atoms with Crippen molar-refractivity contribution in [2.75, 3.05) is 18.6 Å². The molecule has 53 valence electrons. The molecule has 0 amide bonds. The molecule has 0 aliphatic carbocycles. The van der Waals surface area contributed by atoms with Crippen LogP contribution in [0.4, 0.5) is 0 Å². The highest BCUT2D eigenvalue weighted by molar-refractivity contribution is 7.90. The highest BCUT2D eigenvalue weighted by atomic mass is 32.2. The van der Waals surface area contributed by atoms with Crippen LogP contribution in [0.1, 0.15) is 0 Å². The third kappa shape index (κ3) is 7.42. The first-order chi connectivity index (χ1) is 4.06. The zero-order valence-corrected chi connectivity index (χ0v) is 5.77. The second-order valence-electron chi connectivity index (χ2n) is 1.56. The van der Waals surface area contributed by atoms with Crippen LogP contribution in [0.25, 0.3) is 0 Å². The topological polar surface area (TPSA) is 60.4 Å². The van der Waals surface area contributed by atoms with Crippen molar-refractivity contribution in [2.24, 2.45) is 0 Å². The lowest BCUT2D eigenvalue weighted by molar-refractivity contribution is 0.297. The average molecular weight is 151 g/mol. The molecule has 0 aliphatic heterocycles. The van der Waals surface area contributed by atoms with Gasteiger partial charge < -0.3 is 4.74 Å². The first-order valence-electron chi connectivity index (χ1n) is 2.23. The van der Waals surface area contributed by atoms with Gasteiger partial charge in [0.2, 0.25) is 0 Å². The lowest BCUT2D eigenvalue weighted by atomic mass is 10.9. The van der Waals surface area contributed by atoms with E-state index in [-0.39, 0.29) is 12.4 Å². The van der Waals surface area contributed by atoms with E-state index in [0.29, 0.717) is 0 Å². The van der Waals surface area contributed by atoms with Crippen LogP contribution in [0.15, 0.2) is 0 Å². The molecule has 0 heterocycles. The molecule has 0 fully saturated rings. The van der Waals surface area contributed by atoms with Crippen LogP contribution in [0.3, 0.4) is 0 Å². The van der Waals surface area contributed by atoms with Crippen molar-refractivity contribution in [3.63, 3.8) is 0 Å². The molecular formula is C4H7O4S. The molecule has 0 unspecified atom stereocenters. The summed E-state index contributed by atoms with van der Waals surface area (Å²) in [6.07, 6.45) is 1.07. The van der Waals surface area contributed by atoms with E-state index < -0.39 is 9.84 Å². The van der Waals surface area contributed by atoms with Crippen LogP contribution in [0.5, 0.6) is 0 Å². The van der Waals surface area contributed by atoms with E-state index in [1.54, 1.807) is 0 Å². The molecule has 0 aromatic heterocycles. The third-order valence-electron chi connectivity index (χ3n) is 0.615. The van der Waals surface area contributed by atoms with Crippen LogP contribution in [0.2, 0.25) is 0 Å². The summed E-state index contributed by atoms with van der Waals surface area (Å²) in [4.78, 5) is 9.35. The van der Waals surface area contributed by atoms with Crippen LogP contribution in [-0.4, -0.2) is 33.5 Å². The lowest BCUT2D eigenvalue weighted by Gasteiger charge is -1.92. The third-order valence-corrected chi connectivity index (χ3v) is 1.52. The summed E-state index contributed by atoms with van der Waals surface area (Å²) >= 11 is 0. The Bertz CT molecular complexity index is 169. The predicted octanol–water partition coefficient (Wildman–Crippen LogP) is -0.885. The van der Waals surface area contributed by atoms with Gasteiger partial charge in [0.15, 0.2) is 9.84 Å². The van der Waals surface area contributed by atoms with Crippen molar-refractivity contribution in [1.29, 1.82) is 0 Å². The van der Waals surface area contributed by atoms with E-state index >= 15 is 0 Å². The molecule has 0 aromatic carbocycles. The highest BCUT2D eigenvalue weighted by Crippen LogP contribution is 1.80. The molecule has 0 N–H and O–H groups in total. The molecule has 0 atom stereocenters. The Morgan fingerprint density at radius 2 is 2.11 bits per heavy atom. The molecule has 9 heavy (non-hydrogen) atoms. The second kappa shape index (κ2) is 3.45. The molecule has 4 nitrogen and oxygen atoms in total. The summed E-state index contributed by atoms with van der Waals surface area (Å²) < 4.78 is 24.6. The Labute approximate surface area is 53.7 Å². The van der Waals surface area contributed by atoms with E-state index in [0.717, 1.165) is 12.7 Å². The van der Waals surface area contributed by atoms with Gasteiger partial charge in [0.25, 0.3) is 0 Å². The number of ether oxygens (including phenoxy) is 1. The van der Waals surface area contributed by atoms with Crippen LogP contribution < -0.4 is 0 Å². The monoisotopic (exact) mass is 151 g/mol. The van der Waals surface area contributed by atoms with Gasteiger partial charge in [0.1, 0.15) is 6.61 Å². The molecule has 0 rings (SSSR count). The number of carbonyl (C=O) groups excluding carboxylic acids is 1. The van der Waals surface area contributed by atoms with E-state index in [2.05, 4.69) is 4.74 Å². The fourth-order valence-corrected chi connectivity index (χ4v) is 0.621. The first kappa shape index (κ1) is 8.42. The van der Waals surface area contributed by atoms with Gasteiger partial charge in [-0.3, -0.25) is 0 Å². The number of hydrogen-bond donors (Lipinski definition) is 0. The van der Waals surface area contributed by atoms with E-state index in [1.807, 2.05) is 0 Å². The Morgan fingerprint density at radius 1 is 1.56 bits per heavy atom. The predicted molar refractivity (Wildman–Crippen MR) is 31.4 cm³/mol. The summed E-state index contributed by atoms with van der Waals surface area (Å²) in [5.74, 6) is -0.137. The summed E-state index contributed by atoms with van der Waals surface area (Å²) in [6.45, 7) is 1.02. The lowest BCUT2D eigenvalue weighted by Crippen LogP contribution is -2.09. The molecule has 0 saturated heterocycles. The van der Waals surface area contributed by atoms with Crippen molar-refractivity contribution >= 4 is 16.3 Å². The van der Waals surface area contributed by atoms with Crippen LogP contribution in [-0.2, 0) is 19.4 Å². The zero-order valence-electron chi connectivity index (χ0n) is 4.96. The molecule has 1 radical (unpaired) electrons. The van der Waals surface area contributed by atoms with Gasteiger partial charge in [-0.25, -0.2) is 13.2 Å². The van der Waals surface area contributed by atoms with Crippen molar-refractivity contribution in [1.82, 2.24) is 0 Å². The maximum Gasteiger partial charge on any atom is 0.417 e. The largest absolute Gasteiger partial charge is 0.456 e. The summed E-state index contributed by atoms with van der Waals surface area (Å²) in [6, 6.07) is 0. The number of hydrogen-bond acceptors (Lipinski definition) is 4. The first-order valence-corrected chi connectivity index (χ1v) is 4.29. The van der Waals surface area contributed by atoms with Crippen LogP contribution in [0, 0.1) is 0 Å². The zero-order chi connectivity index (χ0) is 7.33. The van der Waals surface area contributed by atoms with Gasteiger partial charge in [-0.05, 0) is 0 Å². The van der Waals surface area contributed by atoms with E-state index in [9.17, 15) is 13.2 Å². The van der Waals surface area contributed by atoms with Crippen molar-refractivity contribution in [3.8, 4) is 0 Å². The summed E-state index contributed by atoms with van der Waals surface area (Å²) in [5, 5.41) is 0. The smallest absolute Gasteiger partial charge is 0.417 e. The summed E-state index contributed by atoms with van der Waals surface area (Å²) in [7, 11) is -3.00. The molecular weight excluding hydrogens is 144 g/mol. The van der Waals surface area contributed by atoms with Crippen molar-refractivity contribution in [2.45, 2.75) is 0 Å². The minimum absolute atomic E-state index is 0.109. The molecule has 0 aliphatic rings. The standard InChI is InChI=1S/C4H7O4S/c1-9(6,7)3-2-8-4-5/h2-3H2,1H3. The number of rotatable bonds is 4. The number of sulfone groups is 1. The van der Waals surface area contributed by atoms with Crippen molar-refractivity contribution in [3.05, 3.63) is 0 Å². The molecule has 0 saturated carbocycles. The van der Waals surface area contributed by atoms with Gasteiger partial charge in [0.05, 0.1) is 5.75 Å². The average Bonchev–Trinajstić information content (AvgIpc) is 1.63. The van der Waals surface area contributed by atoms with Crippen LogP contribution >= 0.6 is 0 Å². The molecule has 0 bridgehead atoms. The van der Waals surface area contributed by atoms with Gasteiger partial charge in [-0.15, -0.1) is 0 Å². The van der Waals surface area contributed by atoms with Gasteiger partial charge in [-0.2, -0.15) is 0 Å². The quantitative estimate of drug-likeness (QED) is 0.489. The Morgan fingerprint density at radius 3 is 2.44 bits per heavy atom. The van der Waals surface area contributed by atoms with Gasteiger partial charge in [0, 0.05) is 6.26 Å². The van der Waals surface area contributed by atoms with Gasteiger partial charge in [-0.1, -0.05) is 0 Å². The SMILES string of the molecule is CS(=O)(=O)CCO[C]=O. The molecule has 0 aromatic rings. The maximum atomic E-state index is 10.3. The highest BCUT2D eigenvalue weighted by Gasteiger charge is 2.00. The minimum Gasteiger partial charge on any atom is -0.456 e. The Hall–Kier alpha value is -0.580. The Balaban J connectivity index is 3.40. The normalized spacial score (nSPS) is 10.8. The molecule has 0 spiro atoms. The van der Waals surface area contributed by atoms with E-state index in [4.69, 9.17) is 0 Å². The van der Waals surface area contributed by atoms with E-state index in [1.165, 1.54) is 0 Å². The second-order valence-corrected chi connectivity index (χ2v) is 3.82. The fraction of sp³-hybridized carbons (Fsp3) is 0.750. The van der Waals surface area contributed by atoms with Gasteiger partial charge >= 0.3 is 6.47 Å². The fourth-order valence-electron chi connectivity index (χ4n) is 0.235.